The highest BCUT2D eigenvalue weighted by molar-refractivity contribution is 6.87. The summed E-state index contributed by atoms with van der Waals surface area (Å²) in [6.07, 6.45) is 9.29. The van der Waals surface area contributed by atoms with Crippen molar-refractivity contribution in [2.45, 2.75) is 116 Å². The number of unbranched alkanes of at least 4 members (excludes halogenated alkanes) is 5. The number of amides is 1. The molecule has 190 valence electrons. The molecule has 0 aromatic rings. The number of nitrogens with one attached hydrogen (secondary N) is 1. The Bertz CT molecular complexity index is 548. The van der Waals surface area contributed by atoms with Gasteiger partial charge in [-0.05, 0) is 64.1 Å². The van der Waals surface area contributed by atoms with Gasteiger partial charge < -0.3 is 23.1 Å². The summed E-state index contributed by atoms with van der Waals surface area (Å²) in [7, 11) is -5.33. The summed E-state index contributed by atoms with van der Waals surface area (Å²) in [5.41, 5.74) is 0. The van der Waals surface area contributed by atoms with Crippen LogP contribution in [0.1, 0.15) is 71.1 Å². The van der Waals surface area contributed by atoms with Crippen LogP contribution in [0.15, 0.2) is 0 Å². The van der Waals surface area contributed by atoms with Crippen LogP contribution in [0.5, 0.6) is 0 Å². The van der Waals surface area contributed by atoms with Crippen molar-refractivity contribution in [3.63, 3.8) is 0 Å². The van der Waals surface area contributed by atoms with Crippen molar-refractivity contribution in [1.29, 1.82) is 0 Å². The Balaban J connectivity index is 4.50. The lowest BCUT2D eigenvalue weighted by atomic mass is 10.1. The average Bonchev–Trinajstić information content (AvgIpc) is 2.65. The summed E-state index contributed by atoms with van der Waals surface area (Å²) in [5.74, 6) is -0.679. The predicted octanol–water partition coefficient (Wildman–Crippen LogP) is 5.77. The number of carbonyl (C=O) groups excluding carboxylic acids is 1. The van der Waals surface area contributed by atoms with Gasteiger partial charge >= 0.3 is 23.1 Å². The first-order chi connectivity index (χ1) is 14.8. The van der Waals surface area contributed by atoms with Gasteiger partial charge in [-0.15, -0.1) is 0 Å². The van der Waals surface area contributed by atoms with Gasteiger partial charge in [0, 0.05) is 26.5 Å². The van der Waals surface area contributed by atoms with Crippen LogP contribution in [0, 0.1) is 0 Å². The molecule has 0 saturated carbocycles. The fourth-order valence-electron chi connectivity index (χ4n) is 3.78. The van der Waals surface area contributed by atoms with Crippen LogP contribution in [-0.4, -0.2) is 56.1 Å². The molecule has 0 radical (unpaired) electrons. The largest absolute Gasteiger partial charge is 0.481 e. The molecule has 1 atom stereocenters. The Hall–Kier alpha value is -0.529. The standard InChI is InChI=1S/C22H49NO6Si3/c1-8-9-10-11-12-13-18-23-21(24)16-14-19-30(3,4)28-32(7,20-15-17-22(25)26)29-31(5,6)27-2/h8-20H2,1-7H3,(H,23,24)(H,25,26). The molecule has 0 aromatic heterocycles. The van der Waals surface area contributed by atoms with Gasteiger partial charge in [0.1, 0.15) is 0 Å². The Kier molecular flexibility index (Phi) is 15.9. The van der Waals surface area contributed by atoms with Crippen LogP contribution in [-0.2, 0) is 22.2 Å². The van der Waals surface area contributed by atoms with Crippen molar-refractivity contribution in [3.05, 3.63) is 0 Å². The van der Waals surface area contributed by atoms with E-state index in [1.54, 1.807) is 7.11 Å². The van der Waals surface area contributed by atoms with Crippen molar-refractivity contribution >= 4 is 37.3 Å². The van der Waals surface area contributed by atoms with Gasteiger partial charge in [0.05, 0.1) is 0 Å². The first kappa shape index (κ1) is 31.5. The molecule has 7 nitrogen and oxygen atoms in total. The third kappa shape index (κ3) is 17.0. The molecule has 0 aliphatic heterocycles. The molecule has 0 rings (SSSR count). The minimum atomic E-state index is -2.59. The van der Waals surface area contributed by atoms with E-state index in [-0.39, 0.29) is 12.3 Å². The quantitative estimate of drug-likeness (QED) is 0.160. The van der Waals surface area contributed by atoms with E-state index in [1.165, 1.54) is 32.1 Å². The normalized spacial score (nSPS) is 14.2. The van der Waals surface area contributed by atoms with E-state index in [2.05, 4.69) is 25.3 Å². The van der Waals surface area contributed by atoms with Gasteiger partial charge in [0.15, 0.2) is 8.32 Å². The van der Waals surface area contributed by atoms with Gasteiger partial charge in [-0.3, -0.25) is 9.59 Å². The van der Waals surface area contributed by atoms with E-state index in [9.17, 15) is 9.59 Å². The number of hydrogen-bond donors (Lipinski definition) is 2. The number of rotatable bonds is 20. The second-order valence-electron chi connectivity index (χ2n) is 9.92. The van der Waals surface area contributed by atoms with Crippen LogP contribution in [0.4, 0.5) is 0 Å². The summed E-state index contributed by atoms with van der Waals surface area (Å²) >= 11 is 0. The van der Waals surface area contributed by atoms with Crippen LogP contribution in [0.3, 0.4) is 0 Å². The summed E-state index contributed by atoms with van der Waals surface area (Å²) in [6.45, 7) is 13.3. The first-order valence-corrected chi connectivity index (χ1v) is 20.7. The predicted molar refractivity (Wildman–Crippen MR) is 138 cm³/mol. The van der Waals surface area contributed by atoms with Gasteiger partial charge in [0.25, 0.3) is 0 Å². The number of carboxylic acids is 1. The molecule has 0 aromatic carbocycles. The lowest BCUT2D eigenvalue weighted by Gasteiger charge is -2.40. The highest BCUT2D eigenvalue weighted by Crippen LogP contribution is 2.28. The molecule has 0 spiro atoms. The monoisotopic (exact) mass is 507 g/mol. The average molecular weight is 508 g/mol. The van der Waals surface area contributed by atoms with Crippen molar-refractivity contribution in [1.82, 2.24) is 5.32 Å². The molecule has 0 bridgehead atoms. The number of carbonyl (C=O) groups is 2. The summed E-state index contributed by atoms with van der Waals surface area (Å²) in [5, 5.41) is 12.0. The van der Waals surface area contributed by atoms with Gasteiger partial charge in [-0.25, -0.2) is 0 Å². The maximum atomic E-state index is 12.2. The number of carboxylic acid groups (broad SMARTS) is 1. The van der Waals surface area contributed by atoms with E-state index in [0.29, 0.717) is 18.9 Å². The first-order valence-electron chi connectivity index (χ1n) is 12.3. The molecule has 0 saturated heterocycles. The zero-order valence-electron chi connectivity index (χ0n) is 21.7. The van der Waals surface area contributed by atoms with E-state index >= 15 is 0 Å². The molecule has 10 heteroatoms. The van der Waals surface area contributed by atoms with Gasteiger partial charge in [0.2, 0.25) is 5.91 Å². The zero-order valence-corrected chi connectivity index (χ0v) is 24.7. The molecule has 0 heterocycles. The lowest BCUT2D eigenvalue weighted by molar-refractivity contribution is -0.137. The summed E-state index contributed by atoms with van der Waals surface area (Å²) in [4.78, 5) is 23.1. The minimum Gasteiger partial charge on any atom is -0.481 e. The molecule has 0 fully saturated rings. The lowest BCUT2D eigenvalue weighted by Crippen LogP contribution is -2.55. The summed E-state index contributed by atoms with van der Waals surface area (Å²) < 4.78 is 18.7. The Morgan fingerprint density at radius 1 is 0.812 bits per heavy atom. The Morgan fingerprint density at radius 2 is 1.41 bits per heavy atom. The zero-order chi connectivity index (χ0) is 24.7. The van der Waals surface area contributed by atoms with Crippen molar-refractivity contribution in [2.75, 3.05) is 13.7 Å². The molecule has 2 N–H and O–H groups in total. The van der Waals surface area contributed by atoms with Crippen LogP contribution >= 0.6 is 0 Å². The van der Waals surface area contributed by atoms with Crippen LogP contribution < -0.4 is 5.32 Å². The van der Waals surface area contributed by atoms with Crippen molar-refractivity contribution in [2.24, 2.45) is 0 Å². The molecular formula is C22H49NO6Si3. The fraction of sp³-hybridized carbons (Fsp3) is 0.909. The number of aliphatic carboxylic acids is 1. The highest BCUT2D eigenvalue weighted by atomic mass is 28.5. The van der Waals surface area contributed by atoms with E-state index in [4.69, 9.17) is 17.8 Å². The molecule has 32 heavy (non-hydrogen) atoms. The number of hydrogen-bond acceptors (Lipinski definition) is 5. The van der Waals surface area contributed by atoms with Gasteiger partial charge in [-0.1, -0.05) is 39.0 Å². The van der Waals surface area contributed by atoms with Crippen LogP contribution in [0.2, 0.25) is 44.8 Å². The Morgan fingerprint density at radius 3 is 2.00 bits per heavy atom. The SMILES string of the molecule is CCCCCCCCNC(=O)CCC[Si](C)(C)O[Si](C)(CCCC(=O)O)O[Si](C)(C)OC. The minimum absolute atomic E-state index is 0.116. The molecule has 1 amide bonds. The fourth-order valence-corrected chi connectivity index (χ4v) is 16.6. The maximum absolute atomic E-state index is 12.2. The molecule has 0 aliphatic carbocycles. The third-order valence-electron chi connectivity index (χ3n) is 5.50. The van der Waals surface area contributed by atoms with E-state index in [0.717, 1.165) is 25.4 Å². The van der Waals surface area contributed by atoms with E-state index < -0.39 is 31.4 Å². The topological polar surface area (TPSA) is 94.1 Å². The molecule has 1 unspecified atom stereocenters. The van der Waals surface area contributed by atoms with Gasteiger partial charge in [-0.2, -0.15) is 0 Å². The second kappa shape index (κ2) is 16.2. The summed E-state index contributed by atoms with van der Waals surface area (Å²) in [6, 6.07) is 1.51. The van der Waals surface area contributed by atoms with Crippen molar-refractivity contribution < 1.29 is 27.4 Å². The maximum Gasteiger partial charge on any atom is 0.322 e. The third-order valence-corrected chi connectivity index (χ3v) is 16.9. The molecular weight excluding hydrogens is 459 g/mol. The smallest absolute Gasteiger partial charge is 0.322 e. The Labute approximate surface area is 199 Å². The van der Waals surface area contributed by atoms with E-state index in [1.807, 2.05) is 19.6 Å². The highest BCUT2D eigenvalue weighted by Gasteiger charge is 2.43. The molecule has 0 aliphatic rings. The van der Waals surface area contributed by atoms with Crippen LogP contribution in [0.25, 0.3) is 0 Å². The second-order valence-corrected chi connectivity index (χ2v) is 21.5. The van der Waals surface area contributed by atoms with Crippen molar-refractivity contribution in [3.8, 4) is 0 Å².